The predicted molar refractivity (Wildman–Crippen MR) is 109 cm³/mol. The van der Waals surface area contributed by atoms with Gasteiger partial charge in [0.1, 0.15) is 30.5 Å². The van der Waals surface area contributed by atoms with Crippen molar-refractivity contribution in [3.63, 3.8) is 0 Å². The molecule has 0 saturated carbocycles. The van der Waals surface area contributed by atoms with Gasteiger partial charge in [-0.3, -0.25) is 4.79 Å². The van der Waals surface area contributed by atoms with Gasteiger partial charge in [0.05, 0.1) is 6.61 Å². The van der Waals surface area contributed by atoms with Gasteiger partial charge in [0, 0.05) is 17.3 Å². The summed E-state index contributed by atoms with van der Waals surface area (Å²) in [5.41, 5.74) is 1.20. The van der Waals surface area contributed by atoms with Gasteiger partial charge in [-0.25, -0.2) is 0 Å². The van der Waals surface area contributed by atoms with E-state index in [2.05, 4.69) is 5.32 Å². The molecule has 0 saturated heterocycles. The smallest absolute Gasteiger partial charge is 0.255 e. The maximum Gasteiger partial charge on any atom is 0.255 e. The molecule has 0 bridgehead atoms. The van der Waals surface area contributed by atoms with Crippen LogP contribution in [0.5, 0.6) is 17.2 Å². The Morgan fingerprint density at radius 3 is 2.14 bits per heavy atom. The van der Waals surface area contributed by atoms with Crippen molar-refractivity contribution < 1.29 is 19.0 Å². The molecule has 5 heteroatoms. The molecule has 0 heterocycles. The van der Waals surface area contributed by atoms with E-state index in [0.717, 1.165) is 11.5 Å². The van der Waals surface area contributed by atoms with Crippen molar-refractivity contribution in [2.45, 2.75) is 6.92 Å². The van der Waals surface area contributed by atoms with E-state index in [9.17, 15) is 4.79 Å². The molecule has 0 spiro atoms. The number of nitrogens with one attached hydrogen (secondary N) is 1. The van der Waals surface area contributed by atoms with Crippen molar-refractivity contribution in [2.75, 3.05) is 25.1 Å². The minimum absolute atomic E-state index is 0.209. The predicted octanol–water partition coefficient (Wildman–Crippen LogP) is 4.80. The van der Waals surface area contributed by atoms with Crippen molar-refractivity contribution in [1.82, 2.24) is 0 Å². The van der Waals surface area contributed by atoms with Crippen LogP contribution in [0.4, 0.5) is 5.69 Å². The molecule has 3 aromatic rings. The van der Waals surface area contributed by atoms with Crippen LogP contribution in [0.3, 0.4) is 0 Å². The molecule has 0 aliphatic rings. The van der Waals surface area contributed by atoms with E-state index < -0.39 is 0 Å². The quantitative estimate of drug-likeness (QED) is 0.545. The maximum absolute atomic E-state index is 12.5. The number of carbonyl (C=O) groups excluding carboxylic acids is 1. The fourth-order valence-electron chi connectivity index (χ4n) is 2.60. The second-order valence-electron chi connectivity index (χ2n) is 5.95. The lowest BCUT2D eigenvalue weighted by Crippen LogP contribution is -2.13. The Hall–Kier alpha value is -3.47. The zero-order chi connectivity index (χ0) is 19.6. The van der Waals surface area contributed by atoms with Crippen LogP contribution in [-0.2, 0) is 0 Å². The van der Waals surface area contributed by atoms with Crippen LogP contribution in [0.2, 0.25) is 0 Å². The van der Waals surface area contributed by atoms with E-state index in [1.165, 1.54) is 0 Å². The van der Waals surface area contributed by atoms with E-state index in [4.69, 9.17) is 14.2 Å². The zero-order valence-corrected chi connectivity index (χ0v) is 15.8. The number of amides is 1. The van der Waals surface area contributed by atoms with Gasteiger partial charge in [0.15, 0.2) is 0 Å². The Bertz CT molecular complexity index is 896. The molecule has 5 nitrogen and oxygen atoms in total. The number of hydrogen-bond donors (Lipinski definition) is 1. The topological polar surface area (TPSA) is 56.8 Å². The van der Waals surface area contributed by atoms with Crippen LogP contribution in [0.15, 0.2) is 78.9 Å². The molecule has 0 aliphatic carbocycles. The molecule has 144 valence electrons. The van der Waals surface area contributed by atoms with Gasteiger partial charge in [0.25, 0.3) is 5.91 Å². The van der Waals surface area contributed by atoms with Crippen LogP contribution in [-0.4, -0.2) is 25.7 Å². The third kappa shape index (κ3) is 5.77. The molecule has 0 radical (unpaired) electrons. The number of hydrogen-bond acceptors (Lipinski definition) is 4. The summed E-state index contributed by atoms with van der Waals surface area (Å²) in [6.07, 6.45) is 0. The lowest BCUT2D eigenvalue weighted by atomic mass is 10.2. The lowest BCUT2D eigenvalue weighted by Gasteiger charge is -2.10. The molecule has 0 unspecified atom stereocenters. The Morgan fingerprint density at radius 2 is 1.39 bits per heavy atom. The van der Waals surface area contributed by atoms with Crippen LogP contribution < -0.4 is 19.5 Å². The first-order valence-corrected chi connectivity index (χ1v) is 9.19. The highest BCUT2D eigenvalue weighted by Crippen LogP contribution is 2.19. The van der Waals surface area contributed by atoms with Gasteiger partial charge in [-0.05, 0) is 49.4 Å². The van der Waals surface area contributed by atoms with E-state index in [-0.39, 0.29) is 5.91 Å². The molecule has 0 aromatic heterocycles. The molecular weight excluding hydrogens is 354 g/mol. The fraction of sp³-hybridized carbons (Fsp3) is 0.174. The second kappa shape index (κ2) is 10.0. The Labute approximate surface area is 164 Å². The van der Waals surface area contributed by atoms with E-state index in [0.29, 0.717) is 36.8 Å². The lowest BCUT2D eigenvalue weighted by molar-refractivity contribution is 0.102. The van der Waals surface area contributed by atoms with Gasteiger partial charge in [-0.1, -0.05) is 30.3 Å². The molecule has 3 rings (SSSR count). The minimum Gasteiger partial charge on any atom is -0.494 e. The van der Waals surface area contributed by atoms with Gasteiger partial charge < -0.3 is 19.5 Å². The Kier molecular flexibility index (Phi) is 6.90. The second-order valence-corrected chi connectivity index (χ2v) is 5.95. The van der Waals surface area contributed by atoms with Crippen molar-refractivity contribution >= 4 is 11.6 Å². The third-order valence-electron chi connectivity index (χ3n) is 3.86. The summed E-state index contributed by atoms with van der Waals surface area (Å²) < 4.78 is 16.8. The largest absolute Gasteiger partial charge is 0.494 e. The standard InChI is InChI=1S/C23H23NO4/c1-2-26-22-13-7-9-19(17-22)24-23(25)18-8-6-12-21(16-18)28-15-14-27-20-10-4-3-5-11-20/h3-13,16-17H,2,14-15H2,1H3,(H,24,25). The molecule has 0 aliphatic heterocycles. The van der Waals surface area contributed by atoms with Crippen LogP contribution in [0, 0.1) is 0 Å². The highest BCUT2D eigenvalue weighted by atomic mass is 16.5. The summed E-state index contributed by atoms with van der Waals surface area (Å²) in [5, 5.41) is 2.87. The summed E-state index contributed by atoms with van der Waals surface area (Å²) in [6.45, 7) is 3.30. The molecule has 0 atom stereocenters. The van der Waals surface area contributed by atoms with E-state index in [1.54, 1.807) is 24.3 Å². The molecule has 0 fully saturated rings. The summed E-state index contributed by atoms with van der Waals surface area (Å²) in [5.74, 6) is 1.93. The number of anilines is 1. The number of carbonyl (C=O) groups is 1. The summed E-state index contributed by atoms with van der Waals surface area (Å²) in [4.78, 5) is 12.5. The fourth-order valence-corrected chi connectivity index (χ4v) is 2.60. The average Bonchev–Trinajstić information content (AvgIpc) is 2.73. The first-order valence-electron chi connectivity index (χ1n) is 9.19. The molecular formula is C23H23NO4. The monoisotopic (exact) mass is 377 g/mol. The first kappa shape index (κ1) is 19.3. The summed E-state index contributed by atoms with van der Waals surface area (Å²) >= 11 is 0. The summed E-state index contributed by atoms with van der Waals surface area (Å²) in [7, 11) is 0. The van der Waals surface area contributed by atoms with Gasteiger partial charge in [-0.15, -0.1) is 0 Å². The number of para-hydroxylation sites is 1. The zero-order valence-electron chi connectivity index (χ0n) is 15.8. The van der Waals surface area contributed by atoms with Crippen LogP contribution in [0.1, 0.15) is 17.3 Å². The van der Waals surface area contributed by atoms with Crippen molar-refractivity contribution in [3.8, 4) is 17.2 Å². The van der Waals surface area contributed by atoms with E-state index in [1.807, 2.05) is 61.5 Å². The molecule has 1 amide bonds. The van der Waals surface area contributed by atoms with Gasteiger partial charge in [0.2, 0.25) is 0 Å². The molecule has 3 aromatic carbocycles. The average molecular weight is 377 g/mol. The Morgan fingerprint density at radius 1 is 0.750 bits per heavy atom. The van der Waals surface area contributed by atoms with Crippen LogP contribution in [0.25, 0.3) is 0 Å². The van der Waals surface area contributed by atoms with Gasteiger partial charge in [-0.2, -0.15) is 0 Å². The summed E-state index contributed by atoms with van der Waals surface area (Å²) in [6, 6.07) is 23.9. The van der Waals surface area contributed by atoms with Crippen LogP contribution >= 0.6 is 0 Å². The van der Waals surface area contributed by atoms with Crippen molar-refractivity contribution in [2.24, 2.45) is 0 Å². The SMILES string of the molecule is CCOc1cccc(NC(=O)c2cccc(OCCOc3ccccc3)c2)c1. The van der Waals surface area contributed by atoms with Gasteiger partial charge >= 0.3 is 0 Å². The minimum atomic E-state index is -0.209. The number of benzene rings is 3. The third-order valence-corrected chi connectivity index (χ3v) is 3.86. The number of rotatable bonds is 9. The Balaban J connectivity index is 1.53. The number of ether oxygens (including phenoxy) is 3. The van der Waals surface area contributed by atoms with Crippen molar-refractivity contribution in [3.05, 3.63) is 84.4 Å². The van der Waals surface area contributed by atoms with E-state index >= 15 is 0 Å². The van der Waals surface area contributed by atoms with Crippen molar-refractivity contribution in [1.29, 1.82) is 0 Å². The highest BCUT2D eigenvalue weighted by molar-refractivity contribution is 6.04. The highest BCUT2D eigenvalue weighted by Gasteiger charge is 2.08. The molecule has 1 N–H and O–H groups in total. The maximum atomic E-state index is 12.5. The molecule has 28 heavy (non-hydrogen) atoms. The normalized spacial score (nSPS) is 10.2. The first-order chi connectivity index (χ1) is 13.7.